The zero-order valence-corrected chi connectivity index (χ0v) is 17.0. The first-order valence-electron chi connectivity index (χ1n) is 9.92. The van der Waals surface area contributed by atoms with Crippen LogP contribution in [0, 0.1) is 11.8 Å². The van der Waals surface area contributed by atoms with Crippen LogP contribution < -0.4 is 11.1 Å². The molecule has 4 heterocycles. The summed E-state index contributed by atoms with van der Waals surface area (Å²) in [5.74, 6) is 6.88. The molecule has 1 aliphatic heterocycles. The summed E-state index contributed by atoms with van der Waals surface area (Å²) >= 11 is 0. The number of aromatic nitrogens is 5. The Balaban J connectivity index is 1.54. The second-order valence-electron chi connectivity index (χ2n) is 7.64. The lowest BCUT2D eigenvalue weighted by molar-refractivity contribution is 0.172. The standard InChI is InChI=1S/C22H23N7O/c1-28-13-26-18-9-14(4-6-19(18)28)3-5-17-21-20(7-8-24-22(21)23)29(27-17)16-10-15(12-30-2)25-11-16/h4,6-9,13,15-16,25H,10-12H2,1-2H3,(H2,23,24)/t15-,16?/m1/s1. The maximum absolute atomic E-state index is 6.21. The Labute approximate surface area is 174 Å². The third-order valence-electron chi connectivity index (χ3n) is 5.61. The molecule has 0 radical (unpaired) electrons. The normalized spacial score (nSPS) is 18.7. The molecule has 3 N–H and O–H groups in total. The highest BCUT2D eigenvalue weighted by Crippen LogP contribution is 2.29. The average molecular weight is 401 g/mol. The number of hydrogen-bond acceptors (Lipinski definition) is 6. The highest BCUT2D eigenvalue weighted by atomic mass is 16.5. The molecule has 2 atom stereocenters. The fraction of sp³-hybridized carbons (Fsp3) is 0.318. The van der Waals surface area contributed by atoms with Crippen molar-refractivity contribution in [2.45, 2.75) is 18.5 Å². The summed E-state index contributed by atoms with van der Waals surface area (Å²) in [4.78, 5) is 8.66. The lowest BCUT2D eigenvalue weighted by Crippen LogP contribution is -2.25. The summed E-state index contributed by atoms with van der Waals surface area (Å²) in [7, 11) is 3.70. The van der Waals surface area contributed by atoms with E-state index in [9.17, 15) is 0 Å². The third-order valence-corrected chi connectivity index (χ3v) is 5.61. The van der Waals surface area contributed by atoms with Gasteiger partial charge in [-0.05, 0) is 36.6 Å². The van der Waals surface area contributed by atoms with Crippen LogP contribution in [0.15, 0.2) is 36.8 Å². The summed E-state index contributed by atoms with van der Waals surface area (Å²) in [5.41, 5.74) is 10.7. The zero-order chi connectivity index (χ0) is 20.7. The minimum absolute atomic E-state index is 0.217. The van der Waals surface area contributed by atoms with Crippen LogP contribution in [-0.4, -0.2) is 50.6 Å². The topological polar surface area (TPSA) is 95.8 Å². The quantitative estimate of drug-likeness (QED) is 0.509. The van der Waals surface area contributed by atoms with Crippen LogP contribution in [-0.2, 0) is 11.8 Å². The lowest BCUT2D eigenvalue weighted by atomic mass is 10.1. The summed E-state index contributed by atoms with van der Waals surface area (Å²) in [6.45, 7) is 1.51. The van der Waals surface area contributed by atoms with Crippen LogP contribution in [0.1, 0.15) is 23.7 Å². The van der Waals surface area contributed by atoms with E-state index in [-0.39, 0.29) is 6.04 Å². The number of imidazole rings is 1. The fourth-order valence-electron chi connectivity index (χ4n) is 4.14. The maximum atomic E-state index is 6.21. The molecule has 8 nitrogen and oxygen atoms in total. The van der Waals surface area contributed by atoms with Crippen LogP contribution in [0.2, 0.25) is 0 Å². The highest BCUT2D eigenvalue weighted by Gasteiger charge is 2.28. The van der Waals surface area contributed by atoms with Gasteiger partial charge in [-0.1, -0.05) is 5.92 Å². The molecule has 30 heavy (non-hydrogen) atoms. The Morgan fingerprint density at radius 1 is 1.23 bits per heavy atom. The Bertz CT molecular complexity index is 1290. The number of nitrogen functional groups attached to an aromatic ring is 1. The molecule has 1 saturated heterocycles. The molecular weight excluding hydrogens is 378 g/mol. The molecule has 0 aliphatic carbocycles. The number of pyridine rings is 1. The molecule has 0 bridgehead atoms. The second kappa shape index (κ2) is 7.44. The summed E-state index contributed by atoms with van der Waals surface area (Å²) < 4.78 is 9.31. The van der Waals surface area contributed by atoms with Crippen LogP contribution in [0.4, 0.5) is 5.82 Å². The Morgan fingerprint density at radius 2 is 2.13 bits per heavy atom. The third kappa shape index (κ3) is 3.18. The van der Waals surface area contributed by atoms with Gasteiger partial charge in [-0.25, -0.2) is 9.97 Å². The van der Waals surface area contributed by atoms with Crippen molar-refractivity contribution in [2.75, 3.05) is 26.0 Å². The minimum atomic E-state index is 0.217. The second-order valence-corrected chi connectivity index (χ2v) is 7.64. The maximum Gasteiger partial charge on any atom is 0.147 e. The molecule has 8 heteroatoms. The minimum Gasteiger partial charge on any atom is -0.383 e. The predicted octanol–water partition coefficient (Wildman–Crippen LogP) is 1.85. The average Bonchev–Trinajstić information content (AvgIpc) is 3.45. The molecule has 1 aromatic carbocycles. The van der Waals surface area contributed by atoms with Crippen molar-refractivity contribution < 1.29 is 4.74 Å². The van der Waals surface area contributed by atoms with Gasteiger partial charge in [-0.15, -0.1) is 0 Å². The smallest absolute Gasteiger partial charge is 0.147 e. The number of fused-ring (bicyclic) bond motifs is 2. The molecular formula is C22H23N7O. The Morgan fingerprint density at radius 3 is 3.00 bits per heavy atom. The SMILES string of the molecule is COC[C@H]1CC(n2nc(C#Cc3ccc4c(c3)ncn4C)c3c(N)nccc32)CN1. The monoisotopic (exact) mass is 401 g/mol. The number of methoxy groups -OCH3 is 1. The highest BCUT2D eigenvalue weighted by molar-refractivity contribution is 5.93. The van der Waals surface area contributed by atoms with Gasteiger partial charge >= 0.3 is 0 Å². The van der Waals surface area contributed by atoms with E-state index >= 15 is 0 Å². The zero-order valence-electron chi connectivity index (χ0n) is 17.0. The number of nitrogens with zero attached hydrogens (tertiary/aromatic N) is 5. The van der Waals surface area contributed by atoms with Gasteiger partial charge in [-0.2, -0.15) is 5.10 Å². The van der Waals surface area contributed by atoms with Gasteiger partial charge in [0.2, 0.25) is 0 Å². The summed E-state index contributed by atoms with van der Waals surface area (Å²) in [6.07, 6.45) is 4.46. The van der Waals surface area contributed by atoms with E-state index in [0.29, 0.717) is 24.2 Å². The molecule has 1 unspecified atom stereocenters. The molecule has 0 amide bonds. The Hall–Kier alpha value is -3.41. The molecule has 1 aliphatic rings. The largest absolute Gasteiger partial charge is 0.383 e. The molecule has 0 spiro atoms. The number of benzene rings is 1. The first kappa shape index (κ1) is 18.6. The number of anilines is 1. The first-order chi connectivity index (χ1) is 14.6. The van der Waals surface area contributed by atoms with Gasteiger partial charge in [0.25, 0.3) is 0 Å². The van der Waals surface area contributed by atoms with Crippen LogP contribution in [0.25, 0.3) is 21.9 Å². The van der Waals surface area contributed by atoms with Crippen LogP contribution in [0.3, 0.4) is 0 Å². The number of ether oxygens (including phenoxy) is 1. The predicted molar refractivity (Wildman–Crippen MR) is 116 cm³/mol. The molecule has 5 rings (SSSR count). The van der Waals surface area contributed by atoms with E-state index in [1.807, 2.05) is 40.6 Å². The van der Waals surface area contributed by atoms with Crippen molar-refractivity contribution in [1.82, 2.24) is 29.6 Å². The number of aryl methyl sites for hydroxylation is 1. The number of rotatable bonds is 3. The van der Waals surface area contributed by atoms with Gasteiger partial charge in [0.05, 0.1) is 40.9 Å². The summed E-state index contributed by atoms with van der Waals surface area (Å²) in [6, 6.07) is 8.49. The molecule has 152 valence electrons. The number of nitrogens with one attached hydrogen (secondary N) is 1. The van der Waals surface area contributed by atoms with Crippen molar-refractivity contribution in [2.24, 2.45) is 7.05 Å². The van der Waals surface area contributed by atoms with Gasteiger partial charge in [0.1, 0.15) is 11.5 Å². The van der Waals surface area contributed by atoms with Crippen LogP contribution in [0.5, 0.6) is 0 Å². The van der Waals surface area contributed by atoms with Gasteiger partial charge in [0.15, 0.2) is 0 Å². The van der Waals surface area contributed by atoms with E-state index in [2.05, 4.69) is 27.1 Å². The summed E-state index contributed by atoms with van der Waals surface area (Å²) in [5, 5.41) is 9.13. The van der Waals surface area contributed by atoms with E-state index in [4.69, 9.17) is 15.6 Å². The molecule has 4 aromatic rings. The van der Waals surface area contributed by atoms with Crippen LogP contribution >= 0.6 is 0 Å². The van der Waals surface area contributed by atoms with Crippen molar-refractivity contribution in [3.63, 3.8) is 0 Å². The molecule has 1 fully saturated rings. The van der Waals surface area contributed by atoms with E-state index in [1.54, 1.807) is 19.6 Å². The molecule has 3 aromatic heterocycles. The van der Waals surface area contributed by atoms with Crippen molar-refractivity contribution >= 4 is 27.8 Å². The van der Waals surface area contributed by atoms with E-state index in [0.717, 1.165) is 40.5 Å². The van der Waals surface area contributed by atoms with Crippen molar-refractivity contribution in [1.29, 1.82) is 0 Å². The lowest BCUT2D eigenvalue weighted by Gasteiger charge is -2.11. The van der Waals surface area contributed by atoms with Gasteiger partial charge in [-0.3, -0.25) is 4.68 Å². The van der Waals surface area contributed by atoms with E-state index < -0.39 is 0 Å². The molecule has 0 saturated carbocycles. The number of hydrogen-bond donors (Lipinski definition) is 2. The number of nitrogens with two attached hydrogens (primary N) is 1. The van der Waals surface area contributed by atoms with Gasteiger partial charge < -0.3 is 20.4 Å². The van der Waals surface area contributed by atoms with E-state index in [1.165, 1.54) is 0 Å². The fourth-order valence-corrected chi connectivity index (χ4v) is 4.14. The Kier molecular flexibility index (Phi) is 4.62. The van der Waals surface area contributed by atoms with Gasteiger partial charge in [0, 0.05) is 38.5 Å². The first-order valence-corrected chi connectivity index (χ1v) is 9.92. The van der Waals surface area contributed by atoms with Crippen molar-refractivity contribution in [3.05, 3.63) is 48.0 Å². The van der Waals surface area contributed by atoms with Crippen molar-refractivity contribution in [3.8, 4) is 11.8 Å².